The predicted molar refractivity (Wildman–Crippen MR) is 118 cm³/mol. The van der Waals surface area contributed by atoms with E-state index in [1.54, 1.807) is 24.3 Å². The maximum Gasteiger partial charge on any atom is 0.256 e. The molecule has 1 aliphatic rings. The molecule has 5 nitrogen and oxygen atoms in total. The third kappa shape index (κ3) is 4.43. The van der Waals surface area contributed by atoms with E-state index < -0.39 is 0 Å². The van der Waals surface area contributed by atoms with Gasteiger partial charge < -0.3 is 15.5 Å². The molecule has 0 aromatic heterocycles. The van der Waals surface area contributed by atoms with Gasteiger partial charge in [0.1, 0.15) is 12.0 Å². The van der Waals surface area contributed by atoms with Gasteiger partial charge in [0.25, 0.3) is 11.8 Å². The van der Waals surface area contributed by atoms with E-state index in [-0.39, 0.29) is 23.8 Å². The van der Waals surface area contributed by atoms with Gasteiger partial charge in [0, 0.05) is 35.5 Å². The maximum atomic E-state index is 13.0. The lowest BCUT2D eigenvalue weighted by molar-refractivity contribution is 0.0743. The van der Waals surface area contributed by atoms with Crippen molar-refractivity contribution in [1.82, 2.24) is 10.2 Å². The zero-order valence-electron chi connectivity index (χ0n) is 17.3. The fourth-order valence-corrected chi connectivity index (χ4v) is 3.76. The number of fused-ring (bicyclic) bond motifs is 1. The van der Waals surface area contributed by atoms with E-state index in [9.17, 15) is 14.0 Å². The van der Waals surface area contributed by atoms with Crippen LogP contribution in [0, 0.1) is 5.82 Å². The summed E-state index contributed by atoms with van der Waals surface area (Å²) in [6, 6.07) is 20.8. The van der Waals surface area contributed by atoms with E-state index in [2.05, 4.69) is 10.6 Å². The number of rotatable bonds is 7. The standard InChI is InChI=1S/C25H24FN3O2/c1-2-15-29-23(21-5-3-4-6-22(21)25(29)31)28-20-13-9-18(10-14-20)24(30)27-16-17-7-11-19(26)12-8-17/h3-14,23,28H,2,15-16H2,1H3,(H,27,30)/t23-/m0/s1. The summed E-state index contributed by atoms with van der Waals surface area (Å²) in [7, 11) is 0. The summed E-state index contributed by atoms with van der Waals surface area (Å²) >= 11 is 0. The van der Waals surface area contributed by atoms with Gasteiger partial charge in [0.2, 0.25) is 0 Å². The van der Waals surface area contributed by atoms with Gasteiger partial charge in [-0.2, -0.15) is 0 Å². The molecule has 0 saturated heterocycles. The van der Waals surface area contributed by atoms with Gasteiger partial charge in [-0.05, 0) is 54.4 Å². The highest BCUT2D eigenvalue weighted by atomic mass is 19.1. The molecule has 3 aromatic carbocycles. The zero-order chi connectivity index (χ0) is 21.8. The molecule has 31 heavy (non-hydrogen) atoms. The quantitative estimate of drug-likeness (QED) is 0.584. The van der Waals surface area contributed by atoms with Crippen molar-refractivity contribution >= 4 is 17.5 Å². The van der Waals surface area contributed by atoms with Crippen molar-refractivity contribution in [2.45, 2.75) is 26.1 Å². The van der Waals surface area contributed by atoms with E-state index in [4.69, 9.17) is 0 Å². The molecule has 0 aliphatic carbocycles. The molecule has 0 spiro atoms. The predicted octanol–water partition coefficient (Wildman–Crippen LogP) is 4.73. The number of amides is 2. The Morgan fingerprint density at radius 1 is 1.00 bits per heavy atom. The van der Waals surface area contributed by atoms with Gasteiger partial charge >= 0.3 is 0 Å². The first-order valence-corrected chi connectivity index (χ1v) is 10.4. The van der Waals surface area contributed by atoms with Crippen LogP contribution in [0.25, 0.3) is 0 Å². The fourth-order valence-electron chi connectivity index (χ4n) is 3.76. The van der Waals surface area contributed by atoms with E-state index in [1.165, 1.54) is 12.1 Å². The van der Waals surface area contributed by atoms with E-state index in [0.29, 0.717) is 18.7 Å². The molecule has 1 atom stereocenters. The monoisotopic (exact) mass is 417 g/mol. The van der Waals surface area contributed by atoms with Crippen LogP contribution in [-0.2, 0) is 6.54 Å². The molecule has 4 rings (SSSR count). The summed E-state index contributed by atoms with van der Waals surface area (Å²) in [5.74, 6) is -0.473. The van der Waals surface area contributed by atoms with E-state index in [0.717, 1.165) is 28.8 Å². The molecule has 0 bridgehead atoms. The maximum absolute atomic E-state index is 13.0. The summed E-state index contributed by atoms with van der Waals surface area (Å²) in [6.45, 7) is 3.04. The van der Waals surface area contributed by atoms with Gasteiger partial charge in [-0.3, -0.25) is 9.59 Å². The van der Waals surface area contributed by atoms with Gasteiger partial charge in [0.15, 0.2) is 0 Å². The third-order valence-corrected chi connectivity index (χ3v) is 5.34. The molecule has 158 valence electrons. The molecule has 2 N–H and O–H groups in total. The Labute approximate surface area is 180 Å². The SMILES string of the molecule is CCCN1C(=O)c2ccccc2[C@H]1Nc1ccc(C(=O)NCc2ccc(F)cc2)cc1. The first-order chi connectivity index (χ1) is 15.1. The molecule has 1 aliphatic heterocycles. The van der Waals surface area contributed by atoms with Crippen LogP contribution in [0.1, 0.15) is 51.4 Å². The van der Waals surface area contributed by atoms with Gasteiger partial charge in [0.05, 0.1) is 0 Å². The summed E-state index contributed by atoms with van der Waals surface area (Å²) in [6.07, 6.45) is 0.632. The third-order valence-electron chi connectivity index (χ3n) is 5.34. The number of hydrogen-bond donors (Lipinski definition) is 2. The van der Waals surface area contributed by atoms with Crippen molar-refractivity contribution in [3.8, 4) is 0 Å². The lowest BCUT2D eigenvalue weighted by Crippen LogP contribution is -2.33. The number of anilines is 1. The van der Waals surface area contributed by atoms with Crippen LogP contribution >= 0.6 is 0 Å². The molecular weight excluding hydrogens is 393 g/mol. The van der Waals surface area contributed by atoms with Gasteiger partial charge in [-0.15, -0.1) is 0 Å². The molecule has 0 unspecified atom stereocenters. The topological polar surface area (TPSA) is 61.4 Å². The minimum atomic E-state index is -0.303. The highest BCUT2D eigenvalue weighted by Gasteiger charge is 2.35. The van der Waals surface area contributed by atoms with Crippen LogP contribution in [0.3, 0.4) is 0 Å². The summed E-state index contributed by atoms with van der Waals surface area (Å²) in [5.41, 5.74) is 3.87. The normalized spacial score (nSPS) is 15.0. The van der Waals surface area contributed by atoms with Crippen LogP contribution in [0.15, 0.2) is 72.8 Å². The lowest BCUT2D eigenvalue weighted by atomic mass is 10.1. The van der Waals surface area contributed by atoms with Crippen molar-refractivity contribution in [3.63, 3.8) is 0 Å². The van der Waals surface area contributed by atoms with Crippen molar-refractivity contribution in [1.29, 1.82) is 0 Å². The minimum Gasteiger partial charge on any atom is -0.361 e. The average Bonchev–Trinajstić information content (AvgIpc) is 3.05. The van der Waals surface area contributed by atoms with Crippen LogP contribution in [0.5, 0.6) is 0 Å². The highest BCUT2D eigenvalue weighted by molar-refractivity contribution is 5.99. The van der Waals surface area contributed by atoms with Gasteiger partial charge in [-0.25, -0.2) is 4.39 Å². The number of carbonyl (C=O) groups excluding carboxylic acids is 2. The molecule has 0 fully saturated rings. The Morgan fingerprint density at radius 2 is 1.71 bits per heavy atom. The Kier molecular flexibility index (Phi) is 5.98. The lowest BCUT2D eigenvalue weighted by Gasteiger charge is -2.26. The summed E-state index contributed by atoms with van der Waals surface area (Å²) < 4.78 is 13.0. The second kappa shape index (κ2) is 9.00. The highest BCUT2D eigenvalue weighted by Crippen LogP contribution is 2.34. The number of hydrogen-bond acceptors (Lipinski definition) is 3. The molecule has 1 heterocycles. The Bertz CT molecular complexity index is 1080. The van der Waals surface area contributed by atoms with Crippen molar-refractivity contribution in [2.75, 3.05) is 11.9 Å². The Balaban J connectivity index is 1.43. The van der Waals surface area contributed by atoms with Crippen molar-refractivity contribution < 1.29 is 14.0 Å². The Morgan fingerprint density at radius 3 is 2.42 bits per heavy atom. The zero-order valence-corrected chi connectivity index (χ0v) is 17.3. The largest absolute Gasteiger partial charge is 0.361 e. The molecular formula is C25H24FN3O2. The van der Waals surface area contributed by atoms with E-state index in [1.807, 2.05) is 48.2 Å². The minimum absolute atomic E-state index is 0.0340. The van der Waals surface area contributed by atoms with Crippen LogP contribution in [0.2, 0.25) is 0 Å². The van der Waals surface area contributed by atoms with Crippen LogP contribution in [-0.4, -0.2) is 23.3 Å². The Hall–Kier alpha value is -3.67. The number of benzene rings is 3. The van der Waals surface area contributed by atoms with Crippen LogP contribution < -0.4 is 10.6 Å². The molecule has 2 amide bonds. The summed E-state index contributed by atoms with van der Waals surface area (Å²) in [4.78, 5) is 27.0. The number of carbonyl (C=O) groups is 2. The van der Waals surface area contributed by atoms with Gasteiger partial charge in [-0.1, -0.05) is 37.3 Å². The first kappa shape index (κ1) is 20.6. The van der Waals surface area contributed by atoms with Crippen molar-refractivity contribution in [3.05, 3.63) is 101 Å². The molecule has 0 saturated carbocycles. The van der Waals surface area contributed by atoms with Crippen molar-refractivity contribution in [2.24, 2.45) is 0 Å². The second-order valence-electron chi connectivity index (χ2n) is 7.52. The number of nitrogens with zero attached hydrogens (tertiary/aromatic N) is 1. The average molecular weight is 417 g/mol. The molecule has 6 heteroatoms. The van der Waals surface area contributed by atoms with Crippen LogP contribution in [0.4, 0.5) is 10.1 Å². The summed E-state index contributed by atoms with van der Waals surface area (Å²) in [5, 5.41) is 6.26. The molecule has 0 radical (unpaired) electrons. The number of halogens is 1. The first-order valence-electron chi connectivity index (χ1n) is 10.4. The smallest absolute Gasteiger partial charge is 0.256 e. The number of nitrogens with one attached hydrogen (secondary N) is 2. The molecule has 3 aromatic rings. The van der Waals surface area contributed by atoms with E-state index >= 15 is 0 Å². The second-order valence-corrected chi connectivity index (χ2v) is 7.52. The fraction of sp³-hybridized carbons (Fsp3) is 0.200.